The maximum absolute atomic E-state index is 11.6. The molecule has 5 nitrogen and oxygen atoms in total. The lowest BCUT2D eigenvalue weighted by atomic mass is 10.1. The van der Waals surface area contributed by atoms with Crippen molar-refractivity contribution in [1.29, 1.82) is 0 Å². The van der Waals surface area contributed by atoms with Gasteiger partial charge in [0.25, 0.3) is 0 Å². The molecule has 0 aliphatic heterocycles. The summed E-state index contributed by atoms with van der Waals surface area (Å²) in [5, 5.41) is 0. The van der Waals surface area contributed by atoms with Crippen LogP contribution in [0.3, 0.4) is 0 Å². The number of methoxy groups -OCH3 is 1. The standard InChI is InChI=1S/C19H18N2O3/c1-21-12-13(7-10-19(21)22)15-11-14(20)8-9-16(15)24-18-6-4-3-5-17(18)23-2/h3-12H,20H2,1-2H3. The van der Waals surface area contributed by atoms with Gasteiger partial charge in [0.05, 0.1) is 7.11 Å². The zero-order valence-corrected chi connectivity index (χ0v) is 13.5. The molecule has 0 saturated heterocycles. The van der Waals surface area contributed by atoms with E-state index >= 15 is 0 Å². The first-order chi connectivity index (χ1) is 11.6. The van der Waals surface area contributed by atoms with E-state index in [1.165, 1.54) is 10.6 Å². The van der Waals surface area contributed by atoms with Gasteiger partial charge in [-0.2, -0.15) is 0 Å². The lowest BCUT2D eigenvalue weighted by molar-refractivity contribution is 0.379. The molecular weight excluding hydrogens is 304 g/mol. The third-order valence-electron chi connectivity index (χ3n) is 3.69. The van der Waals surface area contributed by atoms with Gasteiger partial charge < -0.3 is 19.8 Å². The molecule has 3 aromatic rings. The SMILES string of the molecule is COc1ccccc1Oc1ccc(N)cc1-c1ccc(=O)n(C)c1. The molecule has 24 heavy (non-hydrogen) atoms. The minimum atomic E-state index is -0.0742. The molecule has 0 aliphatic rings. The van der Waals surface area contributed by atoms with E-state index in [-0.39, 0.29) is 5.56 Å². The van der Waals surface area contributed by atoms with Crippen molar-refractivity contribution in [2.24, 2.45) is 7.05 Å². The molecule has 0 radical (unpaired) electrons. The highest BCUT2D eigenvalue weighted by Gasteiger charge is 2.11. The maximum Gasteiger partial charge on any atom is 0.250 e. The van der Waals surface area contributed by atoms with Gasteiger partial charge in [0.1, 0.15) is 5.75 Å². The van der Waals surface area contributed by atoms with Gasteiger partial charge in [-0.15, -0.1) is 0 Å². The number of para-hydroxylation sites is 2. The monoisotopic (exact) mass is 322 g/mol. The molecule has 1 aromatic heterocycles. The van der Waals surface area contributed by atoms with Crippen LogP contribution in [0, 0.1) is 0 Å². The average molecular weight is 322 g/mol. The molecule has 0 saturated carbocycles. The first-order valence-electron chi connectivity index (χ1n) is 7.46. The number of hydrogen-bond acceptors (Lipinski definition) is 4. The van der Waals surface area contributed by atoms with Crippen LogP contribution in [-0.4, -0.2) is 11.7 Å². The van der Waals surface area contributed by atoms with Gasteiger partial charge in [-0.25, -0.2) is 0 Å². The van der Waals surface area contributed by atoms with Crippen LogP contribution in [0.2, 0.25) is 0 Å². The molecule has 5 heteroatoms. The molecule has 0 unspecified atom stereocenters. The highest BCUT2D eigenvalue weighted by Crippen LogP contribution is 2.37. The fourth-order valence-corrected chi connectivity index (χ4v) is 2.44. The van der Waals surface area contributed by atoms with Crippen LogP contribution in [0.25, 0.3) is 11.1 Å². The summed E-state index contributed by atoms with van der Waals surface area (Å²) in [6.07, 6.45) is 1.76. The zero-order chi connectivity index (χ0) is 17.1. The Morgan fingerprint density at radius 3 is 2.42 bits per heavy atom. The summed E-state index contributed by atoms with van der Waals surface area (Å²) in [5.41, 5.74) is 8.12. The molecule has 0 bridgehead atoms. The fourth-order valence-electron chi connectivity index (χ4n) is 2.44. The van der Waals surface area contributed by atoms with Crippen LogP contribution >= 0.6 is 0 Å². The number of aromatic nitrogens is 1. The second-order valence-corrected chi connectivity index (χ2v) is 5.38. The molecule has 2 aromatic carbocycles. The number of hydrogen-bond donors (Lipinski definition) is 1. The van der Waals surface area contributed by atoms with E-state index in [1.54, 1.807) is 32.5 Å². The Morgan fingerprint density at radius 2 is 1.71 bits per heavy atom. The molecule has 122 valence electrons. The predicted molar refractivity (Wildman–Crippen MR) is 94.6 cm³/mol. The van der Waals surface area contributed by atoms with Gasteiger partial charge in [0.15, 0.2) is 11.5 Å². The van der Waals surface area contributed by atoms with Crippen LogP contribution in [0.5, 0.6) is 17.2 Å². The van der Waals surface area contributed by atoms with E-state index in [0.717, 1.165) is 11.1 Å². The van der Waals surface area contributed by atoms with E-state index in [9.17, 15) is 4.79 Å². The maximum atomic E-state index is 11.6. The summed E-state index contributed by atoms with van der Waals surface area (Å²) in [6, 6.07) is 16.1. The van der Waals surface area contributed by atoms with Crippen molar-refractivity contribution in [2.75, 3.05) is 12.8 Å². The van der Waals surface area contributed by atoms with Crippen molar-refractivity contribution < 1.29 is 9.47 Å². The summed E-state index contributed by atoms with van der Waals surface area (Å²) in [6.45, 7) is 0. The predicted octanol–water partition coefficient (Wildman–Crippen LogP) is 3.44. The lowest BCUT2D eigenvalue weighted by Gasteiger charge is -2.14. The van der Waals surface area contributed by atoms with Crippen LogP contribution in [0.1, 0.15) is 0 Å². The van der Waals surface area contributed by atoms with Gasteiger partial charge in [-0.1, -0.05) is 12.1 Å². The summed E-state index contributed by atoms with van der Waals surface area (Å²) >= 11 is 0. The second kappa shape index (κ2) is 6.50. The number of pyridine rings is 1. The van der Waals surface area contributed by atoms with E-state index in [2.05, 4.69) is 0 Å². The molecule has 0 aliphatic carbocycles. The van der Waals surface area contributed by atoms with Crippen molar-refractivity contribution in [3.05, 3.63) is 71.1 Å². The van der Waals surface area contributed by atoms with Crippen LogP contribution in [0.15, 0.2) is 65.6 Å². The highest BCUT2D eigenvalue weighted by molar-refractivity contribution is 5.74. The first-order valence-corrected chi connectivity index (χ1v) is 7.46. The molecule has 3 rings (SSSR count). The Balaban J connectivity index is 2.09. The topological polar surface area (TPSA) is 66.5 Å². The van der Waals surface area contributed by atoms with Crippen LogP contribution in [0.4, 0.5) is 5.69 Å². The minimum Gasteiger partial charge on any atom is -0.493 e. The Labute approximate surface area is 139 Å². The summed E-state index contributed by atoms with van der Waals surface area (Å²) in [7, 11) is 3.30. The van der Waals surface area contributed by atoms with Crippen molar-refractivity contribution in [1.82, 2.24) is 4.57 Å². The summed E-state index contributed by atoms with van der Waals surface area (Å²) in [5.74, 6) is 1.88. The average Bonchev–Trinajstić information content (AvgIpc) is 2.59. The van der Waals surface area contributed by atoms with Crippen molar-refractivity contribution in [2.45, 2.75) is 0 Å². The summed E-state index contributed by atoms with van der Waals surface area (Å²) in [4.78, 5) is 11.6. The van der Waals surface area contributed by atoms with Gasteiger partial charge in [0.2, 0.25) is 5.56 Å². The Kier molecular flexibility index (Phi) is 4.24. The molecule has 0 fully saturated rings. The van der Waals surface area contributed by atoms with Gasteiger partial charge >= 0.3 is 0 Å². The number of nitrogens with zero attached hydrogens (tertiary/aromatic N) is 1. The van der Waals surface area contributed by atoms with Crippen molar-refractivity contribution in [3.63, 3.8) is 0 Å². The van der Waals surface area contributed by atoms with E-state index in [4.69, 9.17) is 15.2 Å². The van der Waals surface area contributed by atoms with Gasteiger partial charge in [-0.05, 0) is 36.4 Å². The third-order valence-corrected chi connectivity index (χ3v) is 3.69. The molecular formula is C19H18N2O3. The largest absolute Gasteiger partial charge is 0.493 e. The number of anilines is 1. The normalized spacial score (nSPS) is 10.4. The first kappa shape index (κ1) is 15.7. The van der Waals surface area contributed by atoms with E-state index in [0.29, 0.717) is 22.9 Å². The molecule has 0 amide bonds. The minimum absolute atomic E-state index is 0.0742. The lowest BCUT2D eigenvalue weighted by Crippen LogP contribution is -2.14. The van der Waals surface area contributed by atoms with Crippen molar-refractivity contribution in [3.8, 4) is 28.4 Å². The number of rotatable bonds is 4. The number of ether oxygens (including phenoxy) is 2. The summed E-state index contributed by atoms with van der Waals surface area (Å²) < 4.78 is 12.9. The van der Waals surface area contributed by atoms with Gasteiger partial charge in [0, 0.05) is 36.1 Å². The number of aryl methyl sites for hydroxylation is 1. The van der Waals surface area contributed by atoms with Crippen LogP contribution < -0.4 is 20.8 Å². The van der Waals surface area contributed by atoms with Gasteiger partial charge in [-0.3, -0.25) is 4.79 Å². The molecule has 0 atom stereocenters. The molecule has 1 heterocycles. The second-order valence-electron chi connectivity index (χ2n) is 5.38. The smallest absolute Gasteiger partial charge is 0.250 e. The third kappa shape index (κ3) is 3.10. The number of benzene rings is 2. The molecule has 2 N–H and O–H groups in total. The Morgan fingerprint density at radius 1 is 0.958 bits per heavy atom. The number of nitrogen functional groups attached to an aromatic ring is 1. The molecule has 0 spiro atoms. The van der Waals surface area contributed by atoms with Crippen LogP contribution in [-0.2, 0) is 7.05 Å². The zero-order valence-electron chi connectivity index (χ0n) is 13.5. The van der Waals surface area contributed by atoms with Crippen molar-refractivity contribution >= 4 is 5.69 Å². The van der Waals surface area contributed by atoms with E-state index in [1.807, 2.05) is 36.4 Å². The fraction of sp³-hybridized carbons (Fsp3) is 0.105. The Bertz CT molecular complexity index is 932. The highest BCUT2D eigenvalue weighted by atomic mass is 16.5. The quantitative estimate of drug-likeness (QED) is 0.747. The Hall–Kier alpha value is -3.21. The number of nitrogens with two attached hydrogens (primary N) is 1. The van der Waals surface area contributed by atoms with E-state index < -0.39 is 0 Å².